The number of rotatable bonds is 7. The molecule has 150 valence electrons. The first kappa shape index (κ1) is 20.2. The van der Waals surface area contributed by atoms with Crippen molar-refractivity contribution in [2.45, 2.75) is 37.8 Å². The highest BCUT2D eigenvalue weighted by Crippen LogP contribution is 2.35. The Morgan fingerprint density at radius 1 is 1.25 bits per heavy atom. The lowest BCUT2D eigenvalue weighted by molar-refractivity contribution is 0.0950. The number of nitrogens with one attached hydrogen (secondary N) is 2. The zero-order valence-electron chi connectivity index (χ0n) is 16.1. The summed E-state index contributed by atoms with van der Waals surface area (Å²) in [4.78, 5) is 12.6. The van der Waals surface area contributed by atoms with Crippen molar-refractivity contribution < 1.29 is 22.7 Å². The smallest absolute Gasteiger partial charge is 0.251 e. The summed E-state index contributed by atoms with van der Waals surface area (Å²) < 4.78 is 37.3. The largest absolute Gasteiger partial charge is 0.494 e. The Kier molecular flexibility index (Phi) is 5.90. The Labute approximate surface area is 165 Å². The maximum atomic E-state index is 12.5. The normalized spacial score (nSPS) is 15.6. The van der Waals surface area contributed by atoms with E-state index in [4.69, 9.17) is 9.47 Å². The molecule has 0 spiro atoms. The van der Waals surface area contributed by atoms with Crippen LogP contribution in [0.4, 0.5) is 0 Å². The predicted molar refractivity (Wildman–Crippen MR) is 105 cm³/mol. The summed E-state index contributed by atoms with van der Waals surface area (Å²) in [5.41, 5.74) is 2.31. The average molecular weight is 404 g/mol. The van der Waals surface area contributed by atoms with E-state index in [0.29, 0.717) is 12.2 Å². The number of sulfonamides is 1. The molecule has 2 aromatic rings. The Bertz CT molecular complexity index is 971. The Morgan fingerprint density at radius 2 is 1.96 bits per heavy atom. The molecule has 1 heterocycles. The molecule has 8 heteroatoms. The van der Waals surface area contributed by atoms with E-state index < -0.39 is 10.0 Å². The molecule has 1 atom stereocenters. The third-order valence-corrected chi connectivity index (χ3v) is 5.94. The van der Waals surface area contributed by atoms with Crippen molar-refractivity contribution in [1.29, 1.82) is 0 Å². The van der Waals surface area contributed by atoms with E-state index in [0.717, 1.165) is 29.0 Å². The van der Waals surface area contributed by atoms with Crippen LogP contribution in [0.5, 0.6) is 11.5 Å². The number of fused-ring (bicyclic) bond motifs is 1. The molecule has 1 aliphatic heterocycles. The minimum Gasteiger partial charge on any atom is -0.494 e. The highest BCUT2D eigenvalue weighted by atomic mass is 32.2. The number of hydrogen-bond acceptors (Lipinski definition) is 5. The third kappa shape index (κ3) is 4.28. The molecular formula is C20H24N2O5S. The second kappa shape index (κ2) is 8.20. The molecule has 7 nitrogen and oxygen atoms in total. The number of benzene rings is 2. The van der Waals surface area contributed by atoms with Gasteiger partial charge in [0.05, 0.1) is 11.5 Å². The van der Waals surface area contributed by atoms with Crippen LogP contribution >= 0.6 is 0 Å². The van der Waals surface area contributed by atoms with Crippen LogP contribution in [0, 0.1) is 0 Å². The summed E-state index contributed by atoms with van der Waals surface area (Å²) in [7, 11) is -2.19. The minimum absolute atomic E-state index is 0.107. The molecule has 0 saturated heterocycles. The lowest BCUT2D eigenvalue weighted by Gasteiger charge is -2.13. The van der Waals surface area contributed by atoms with Gasteiger partial charge in [-0.25, -0.2) is 13.1 Å². The van der Waals surface area contributed by atoms with Gasteiger partial charge in [0.25, 0.3) is 5.91 Å². The van der Waals surface area contributed by atoms with Crippen molar-refractivity contribution >= 4 is 15.9 Å². The molecule has 0 radical (unpaired) electrons. The molecule has 3 rings (SSSR count). The molecule has 28 heavy (non-hydrogen) atoms. The van der Waals surface area contributed by atoms with Gasteiger partial charge in [-0.3, -0.25) is 4.79 Å². The van der Waals surface area contributed by atoms with Gasteiger partial charge in [-0.05, 0) is 57.3 Å². The van der Waals surface area contributed by atoms with Crippen LogP contribution in [0.15, 0.2) is 41.3 Å². The van der Waals surface area contributed by atoms with E-state index >= 15 is 0 Å². The van der Waals surface area contributed by atoms with E-state index in [-0.39, 0.29) is 23.5 Å². The summed E-state index contributed by atoms with van der Waals surface area (Å²) in [6, 6.07) is 9.65. The molecule has 1 aliphatic rings. The molecule has 1 amide bonds. The molecular weight excluding hydrogens is 380 g/mol. The van der Waals surface area contributed by atoms with E-state index in [1.54, 1.807) is 0 Å². The van der Waals surface area contributed by atoms with Gasteiger partial charge in [0, 0.05) is 29.7 Å². The zero-order valence-corrected chi connectivity index (χ0v) is 16.9. The number of hydrogen-bond donors (Lipinski definition) is 2. The summed E-state index contributed by atoms with van der Waals surface area (Å²) in [5, 5.41) is 2.85. The summed E-state index contributed by atoms with van der Waals surface area (Å²) in [6.45, 7) is 4.72. The highest BCUT2D eigenvalue weighted by molar-refractivity contribution is 7.89. The molecule has 0 fully saturated rings. The molecule has 0 bridgehead atoms. The van der Waals surface area contributed by atoms with Crippen molar-refractivity contribution in [2.24, 2.45) is 0 Å². The van der Waals surface area contributed by atoms with Gasteiger partial charge in [0.2, 0.25) is 10.0 Å². The van der Waals surface area contributed by atoms with Gasteiger partial charge >= 0.3 is 0 Å². The molecule has 0 aliphatic carbocycles. The van der Waals surface area contributed by atoms with Crippen molar-refractivity contribution in [1.82, 2.24) is 10.0 Å². The lowest BCUT2D eigenvalue weighted by atomic mass is 10.1. The minimum atomic E-state index is -3.53. The molecule has 0 aromatic heterocycles. The van der Waals surface area contributed by atoms with Crippen LogP contribution in [0.1, 0.15) is 35.3 Å². The Morgan fingerprint density at radius 3 is 2.61 bits per heavy atom. The van der Waals surface area contributed by atoms with E-state index in [1.807, 2.05) is 26.0 Å². The second-order valence-electron chi connectivity index (χ2n) is 6.55. The summed E-state index contributed by atoms with van der Waals surface area (Å²) >= 11 is 0. The van der Waals surface area contributed by atoms with Gasteiger partial charge in [-0.15, -0.1) is 0 Å². The number of carbonyl (C=O) groups is 1. The van der Waals surface area contributed by atoms with Gasteiger partial charge in [0.15, 0.2) is 0 Å². The fourth-order valence-corrected chi connectivity index (χ4v) is 3.82. The number of ether oxygens (including phenoxy) is 2. The number of carbonyl (C=O) groups excluding carboxylic acids is 1. The highest BCUT2D eigenvalue weighted by Gasteiger charge is 2.22. The number of amides is 1. The van der Waals surface area contributed by atoms with Crippen molar-refractivity contribution in [2.75, 3.05) is 13.7 Å². The monoisotopic (exact) mass is 404 g/mol. The van der Waals surface area contributed by atoms with Crippen LogP contribution in [0.2, 0.25) is 0 Å². The maximum absolute atomic E-state index is 12.5. The summed E-state index contributed by atoms with van der Waals surface area (Å²) in [6.07, 6.45) is 0.964. The quantitative estimate of drug-likeness (QED) is 0.738. The van der Waals surface area contributed by atoms with Crippen molar-refractivity contribution in [3.63, 3.8) is 0 Å². The fraction of sp³-hybridized carbons (Fsp3) is 0.350. The van der Waals surface area contributed by atoms with E-state index in [9.17, 15) is 13.2 Å². The SMILES string of the molecule is CCOc1cc2c(cc1CNC(=O)c1ccc(S(=O)(=O)NC)cc1)OC(C)C2. The lowest BCUT2D eigenvalue weighted by Crippen LogP contribution is -2.23. The predicted octanol–water partition coefficient (Wildman–Crippen LogP) is 2.25. The van der Waals surface area contributed by atoms with Gasteiger partial charge in [-0.2, -0.15) is 0 Å². The first-order valence-corrected chi connectivity index (χ1v) is 10.6. The zero-order chi connectivity index (χ0) is 20.3. The maximum Gasteiger partial charge on any atom is 0.251 e. The van der Waals surface area contributed by atoms with Crippen LogP contribution in [0.25, 0.3) is 0 Å². The molecule has 2 aromatic carbocycles. The van der Waals surface area contributed by atoms with Crippen LogP contribution in [0.3, 0.4) is 0 Å². The summed E-state index contributed by atoms with van der Waals surface area (Å²) in [5.74, 6) is 1.25. The molecule has 1 unspecified atom stereocenters. The van der Waals surface area contributed by atoms with Crippen LogP contribution in [-0.2, 0) is 23.0 Å². The molecule has 2 N–H and O–H groups in total. The fourth-order valence-electron chi connectivity index (χ4n) is 3.09. The average Bonchev–Trinajstić information content (AvgIpc) is 3.05. The first-order chi connectivity index (χ1) is 13.3. The van der Waals surface area contributed by atoms with E-state index in [2.05, 4.69) is 10.0 Å². The Hall–Kier alpha value is -2.58. The molecule has 0 saturated carbocycles. The standard InChI is InChI=1S/C20H24N2O5S/c1-4-26-18-10-15-9-13(2)27-19(15)11-16(18)12-22-20(23)14-5-7-17(8-6-14)28(24,25)21-3/h5-8,10-11,13,21H,4,9,12H2,1-3H3,(H,22,23). The van der Waals surface area contributed by atoms with E-state index in [1.165, 1.54) is 31.3 Å². The Balaban J connectivity index is 1.73. The first-order valence-electron chi connectivity index (χ1n) is 9.11. The van der Waals surface area contributed by atoms with Crippen LogP contribution < -0.4 is 19.5 Å². The van der Waals surface area contributed by atoms with Gasteiger partial charge in [0.1, 0.15) is 17.6 Å². The van der Waals surface area contributed by atoms with Gasteiger partial charge in [-0.1, -0.05) is 0 Å². The second-order valence-corrected chi connectivity index (χ2v) is 8.43. The topological polar surface area (TPSA) is 93.7 Å². The van der Waals surface area contributed by atoms with Crippen LogP contribution in [-0.4, -0.2) is 34.1 Å². The van der Waals surface area contributed by atoms with Crippen molar-refractivity contribution in [3.8, 4) is 11.5 Å². The van der Waals surface area contributed by atoms with Gasteiger partial charge < -0.3 is 14.8 Å². The third-order valence-electron chi connectivity index (χ3n) is 4.51. The van der Waals surface area contributed by atoms with Crippen molar-refractivity contribution in [3.05, 3.63) is 53.1 Å².